The maximum Gasteiger partial charge on any atom is 0.306 e. The van der Waals surface area contributed by atoms with E-state index in [4.69, 9.17) is 5.11 Å². The Kier molecular flexibility index (Phi) is 4.14. The van der Waals surface area contributed by atoms with Crippen molar-refractivity contribution in [1.29, 1.82) is 0 Å². The number of aliphatic carboxylic acids is 1. The van der Waals surface area contributed by atoms with E-state index in [0.29, 0.717) is 25.1 Å². The highest BCUT2D eigenvalue weighted by Gasteiger charge is 2.37. The number of aromatic amines is 1. The van der Waals surface area contributed by atoms with Crippen molar-refractivity contribution in [3.63, 3.8) is 0 Å². The van der Waals surface area contributed by atoms with E-state index in [1.165, 1.54) is 10.5 Å². The zero-order valence-electron chi connectivity index (χ0n) is 11.5. The number of imidazole rings is 1. The monoisotopic (exact) mass is 301 g/mol. The number of nitrogens with zero attached hydrogens (tertiary/aromatic N) is 2. The first-order valence-corrected chi connectivity index (χ1v) is 8.08. The van der Waals surface area contributed by atoms with Gasteiger partial charge < -0.3 is 10.1 Å². The topological polar surface area (TPSA) is 103 Å². The lowest BCUT2D eigenvalue weighted by molar-refractivity contribution is -0.143. The van der Waals surface area contributed by atoms with Crippen molar-refractivity contribution in [2.45, 2.75) is 44.2 Å². The Hall–Kier alpha value is -1.41. The number of aryl methyl sites for hydroxylation is 1. The summed E-state index contributed by atoms with van der Waals surface area (Å²) in [5.74, 6) is -0.704. The highest BCUT2D eigenvalue weighted by Crippen LogP contribution is 2.28. The van der Waals surface area contributed by atoms with Crippen molar-refractivity contribution in [2.24, 2.45) is 5.92 Å². The van der Waals surface area contributed by atoms with Gasteiger partial charge in [-0.05, 0) is 19.8 Å². The summed E-state index contributed by atoms with van der Waals surface area (Å²) in [6, 6.07) is -0.330. The molecule has 1 saturated heterocycles. The van der Waals surface area contributed by atoms with Crippen molar-refractivity contribution in [3.8, 4) is 0 Å². The second-order valence-corrected chi connectivity index (χ2v) is 6.93. The fraction of sp³-hybridized carbons (Fsp3) is 0.667. The molecule has 1 aromatic heterocycles. The molecule has 1 aromatic rings. The highest BCUT2D eigenvalue weighted by molar-refractivity contribution is 7.89. The molecule has 1 aliphatic heterocycles. The standard InChI is InChI=1S/C12H19N3O4S/c1-3-10-13-7-11(14-10)20(18,19)15-5-4-9(12(16)17)6-8(15)2/h7-9H,3-6H2,1-2H3,(H,13,14)(H,16,17). The van der Waals surface area contributed by atoms with Crippen LogP contribution < -0.4 is 0 Å². The van der Waals surface area contributed by atoms with Gasteiger partial charge in [-0.1, -0.05) is 6.92 Å². The fourth-order valence-electron chi connectivity index (χ4n) is 2.51. The molecule has 2 N–H and O–H groups in total. The van der Waals surface area contributed by atoms with Crippen LogP contribution in [0.1, 0.15) is 32.5 Å². The Morgan fingerprint density at radius 1 is 1.60 bits per heavy atom. The number of aromatic nitrogens is 2. The number of carbonyl (C=O) groups is 1. The number of carboxylic acids is 1. The van der Waals surface area contributed by atoms with Gasteiger partial charge in [0.2, 0.25) is 0 Å². The van der Waals surface area contributed by atoms with Crippen molar-refractivity contribution in [2.75, 3.05) is 6.54 Å². The molecule has 0 aromatic carbocycles. The van der Waals surface area contributed by atoms with E-state index in [0.717, 1.165) is 0 Å². The van der Waals surface area contributed by atoms with E-state index in [2.05, 4.69) is 9.97 Å². The third-order valence-electron chi connectivity index (χ3n) is 3.69. The zero-order chi connectivity index (χ0) is 14.9. The summed E-state index contributed by atoms with van der Waals surface area (Å²) in [5.41, 5.74) is 0. The molecule has 2 heterocycles. The normalized spacial score (nSPS) is 24.7. The predicted molar refractivity (Wildman–Crippen MR) is 71.7 cm³/mol. The largest absolute Gasteiger partial charge is 0.481 e. The quantitative estimate of drug-likeness (QED) is 0.858. The molecule has 0 spiro atoms. The van der Waals surface area contributed by atoms with Gasteiger partial charge in [-0.15, -0.1) is 0 Å². The minimum Gasteiger partial charge on any atom is -0.481 e. The molecule has 112 valence electrons. The number of nitrogens with one attached hydrogen (secondary N) is 1. The van der Waals surface area contributed by atoms with Crippen LogP contribution >= 0.6 is 0 Å². The lowest BCUT2D eigenvalue weighted by Gasteiger charge is -2.34. The summed E-state index contributed by atoms with van der Waals surface area (Å²) < 4.78 is 26.4. The van der Waals surface area contributed by atoms with Gasteiger partial charge in [-0.2, -0.15) is 4.31 Å². The van der Waals surface area contributed by atoms with Crippen LogP contribution in [0.5, 0.6) is 0 Å². The number of hydrogen-bond donors (Lipinski definition) is 2. The molecule has 1 aliphatic rings. The van der Waals surface area contributed by atoms with Gasteiger partial charge in [0.1, 0.15) is 5.82 Å². The smallest absolute Gasteiger partial charge is 0.306 e. The number of rotatable bonds is 4. The van der Waals surface area contributed by atoms with Gasteiger partial charge in [-0.25, -0.2) is 13.4 Å². The van der Waals surface area contributed by atoms with E-state index in [-0.39, 0.29) is 17.6 Å². The number of piperidine rings is 1. The van der Waals surface area contributed by atoms with Crippen LogP contribution in [0.4, 0.5) is 0 Å². The van der Waals surface area contributed by atoms with Gasteiger partial charge in [0, 0.05) is 19.0 Å². The third kappa shape index (κ3) is 2.71. The van der Waals surface area contributed by atoms with Crippen LogP contribution in [-0.2, 0) is 21.2 Å². The summed E-state index contributed by atoms with van der Waals surface area (Å²) in [4.78, 5) is 17.8. The van der Waals surface area contributed by atoms with Gasteiger partial charge in [0.15, 0.2) is 5.03 Å². The molecule has 0 amide bonds. The second kappa shape index (κ2) is 5.53. The molecule has 1 fully saturated rings. The lowest BCUT2D eigenvalue weighted by atomic mass is 9.93. The first kappa shape index (κ1) is 15.0. The number of carboxylic acid groups (broad SMARTS) is 1. The molecule has 2 unspecified atom stereocenters. The van der Waals surface area contributed by atoms with Crippen LogP contribution in [0.3, 0.4) is 0 Å². The summed E-state index contributed by atoms with van der Waals surface area (Å²) in [6.07, 6.45) is 2.63. The Morgan fingerprint density at radius 2 is 2.30 bits per heavy atom. The molecule has 0 radical (unpaired) electrons. The van der Waals surface area contributed by atoms with Crippen LogP contribution in [0.2, 0.25) is 0 Å². The van der Waals surface area contributed by atoms with Gasteiger partial charge >= 0.3 is 5.97 Å². The molecule has 7 nitrogen and oxygen atoms in total. The summed E-state index contributed by atoms with van der Waals surface area (Å²) in [5, 5.41) is 9.09. The van der Waals surface area contributed by atoms with Crippen LogP contribution in [0.25, 0.3) is 0 Å². The minimum atomic E-state index is -3.63. The molecule has 2 atom stereocenters. The SMILES string of the molecule is CCc1ncc(S(=O)(=O)N2CCC(C(=O)O)CC2C)[nH]1. The van der Waals surface area contributed by atoms with Crippen molar-refractivity contribution in [1.82, 2.24) is 14.3 Å². The fourth-order valence-corrected chi connectivity index (χ4v) is 4.10. The molecule has 2 rings (SSSR count). The Morgan fingerprint density at radius 3 is 2.80 bits per heavy atom. The third-order valence-corrected chi connectivity index (χ3v) is 5.61. The first-order chi connectivity index (χ1) is 9.36. The maximum absolute atomic E-state index is 12.5. The Balaban J connectivity index is 2.20. The summed E-state index contributed by atoms with van der Waals surface area (Å²) >= 11 is 0. The molecule has 0 aliphatic carbocycles. The Bertz CT molecular complexity index is 596. The van der Waals surface area contributed by atoms with E-state index >= 15 is 0 Å². The average Bonchev–Trinajstić information content (AvgIpc) is 2.87. The molecule has 8 heteroatoms. The molecular formula is C12H19N3O4S. The van der Waals surface area contributed by atoms with E-state index in [1.807, 2.05) is 6.92 Å². The Labute approximate surface area is 118 Å². The number of sulfonamides is 1. The van der Waals surface area contributed by atoms with Crippen molar-refractivity contribution < 1.29 is 18.3 Å². The number of hydrogen-bond acceptors (Lipinski definition) is 4. The van der Waals surface area contributed by atoms with E-state index in [1.54, 1.807) is 6.92 Å². The van der Waals surface area contributed by atoms with Gasteiger partial charge in [-0.3, -0.25) is 4.79 Å². The minimum absolute atomic E-state index is 0.0787. The van der Waals surface area contributed by atoms with E-state index in [9.17, 15) is 13.2 Å². The van der Waals surface area contributed by atoms with Gasteiger partial charge in [0.05, 0.1) is 12.1 Å². The average molecular weight is 301 g/mol. The molecule has 0 saturated carbocycles. The van der Waals surface area contributed by atoms with Crippen LogP contribution in [-0.4, -0.2) is 46.4 Å². The van der Waals surface area contributed by atoms with Crippen molar-refractivity contribution in [3.05, 3.63) is 12.0 Å². The predicted octanol–water partition coefficient (Wildman–Crippen LogP) is 0.846. The molecule has 0 bridgehead atoms. The second-order valence-electron chi connectivity index (χ2n) is 5.07. The first-order valence-electron chi connectivity index (χ1n) is 6.64. The van der Waals surface area contributed by atoms with Crippen molar-refractivity contribution >= 4 is 16.0 Å². The molecular weight excluding hydrogens is 282 g/mol. The lowest BCUT2D eigenvalue weighted by Crippen LogP contribution is -2.46. The van der Waals surface area contributed by atoms with Crippen LogP contribution in [0.15, 0.2) is 11.2 Å². The van der Waals surface area contributed by atoms with Gasteiger partial charge in [0.25, 0.3) is 10.0 Å². The summed E-state index contributed by atoms with van der Waals surface area (Å²) in [6.45, 7) is 3.85. The van der Waals surface area contributed by atoms with E-state index < -0.39 is 21.9 Å². The van der Waals surface area contributed by atoms with Crippen LogP contribution in [0, 0.1) is 5.92 Å². The highest BCUT2D eigenvalue weighted by atomic mass is 32.2. The number of H-pyrrole nitrogens is 1. The maximum atomic E-state index is 12.5. The molecule has 20 heavy (non-hydrogen) atoms. The summed E-state index contributed by atoms with van der Waals surface area (Å²) in [7, 11) is -3.63. The zero-order valence-corrected chi connectivity index (χ0v) is 12.4.